The van der Waals surface area contributed by atoms with Gasteiger partial charge in [0, 0.05) is 28.1 Å². The van der Waals surface area contributed by atoms with Gasteiger partial charge in [-0.1, -0.05) is 30.3 Å². The van der Waals surface area contributed by atoms with E-state index in [4.69, 9.17) is 9.15 Å². The number of fused-ring (bicyclic) bond motifs is 1. The molecule has 0 amide bonds. The Morgan fingerprint density at radius 1 is 0.862 bits per heavy atom. The first-order chi connectivity index (χ1) is 14.0. The normalized spacial score (nSPS) is 10.8. The lowest BCUT2D eigenvalue weighted by Gasteiger charge is -2.10. The Hall–Kier alpha value is -3.66. The first-order valence-electron chi connectivity index (χ1n) is 9.38. The monoisotopic (exact) mass is 384 g/mol. The quantitative estimate of drug-likeness (QED) is 0.350. The van der Waals surface area contributed by atoms with Crippen LogP contribution in [0.1, 0.15) is 32.6 Å². The lowest BCUT2D eigenvalue weighted by molar-refractivity contribution is 0.103. The third-order valence-electron chi connectivity index (χ3n) is 4.99. The minimum atomic E-state index is -0.400. The van der Waals surface area contributed by atoms with Crippen LogP contribution >= 0.6 is 0 Å². The van der Waals surface area contributed by atoms with Crippen LogP contribution in [0.4, 0.5) is 0 Å². The molecule has 1 aromatic heterocycles. The number of hydrogen-bond acceptors (Lipinski definition) is 4. The lowest BCUT2D eigenvalue weighted by Crippen LogP contribution is -2.05. The van der Waals surface area contributed by atoms with Gasteiger partial charge in [-0.2, -0.15) is 0 Å². The molecule has 4 rings (SSSR count). The molecule has 0 aliphatic heterocycles. The second kappa shape index (κ2) is 7.76. The van der Waals surface area contributed by atoms with Crippen LogP contribution in [0.3, 0.4) is 0 Å². The van der Waals surface area contributed by atoms with Crippen molar-refractivity contribution in [3.8, 4) is 5.75 Å². The summed E-state index contributed by atoms with van der Waals surface area (Å²) in [6, 6.07) is 21.5. The lowest BCUT2D eigenvalue weighted by atomic mass is 10.0. The number of rotatable bonds is 5. The van der Waals surface area contributed by atoms with Crippen molar-refractivity contribution in [1.29, 1.82) is 0 Å². The van der Waals surface area contributed by atoms with E-state index in [1.54, 1.807) is 36.4 Å². The van der Waals surface area contributed by atoms with Crippen molar-refractivity contribution in [3.05, 3.63) is 111 Å². The zero-order valence-electron chi connectivity index (χ0n) is 16.3. The molecule has 0 bridgehead atoms. The van der Waals surface area contributed by atoms with E-state index in [1.165, 1.54) is 6.07 Å². The van der Waals surface area contributed by atoms with Gasteiger partial charge in [-0.05, 0) is 61.4 Å². The van der Waals surface area contributed by atoms with Crippen molar-refractivity contribution in [2.45, 2.75) is 20.5 Å². The predicted molar refractivity (Wildman–Crippen MR) is 113 cm³/mol. The zero-order valence-corrected chi connectivity index (χ0v) is 16.3. The van der Waals surface area contributed by atoms with Crippen LogP contribution in [-0.2, 0) is 6.61 Å². The number of ether oxygens (including phenoxy) is 1. The number of benzene rings is 3. The van der Waals surface area contributed by atoms with Gasteiger partial charge >= 0.3 is 5.63 Å². The summed E-state index contributed by atoms with van der Waals surface area (Å²) < 4.78 is 11.2. The smallest absolute Gasteiger partial charge is 0.336 e. The van der Waals surface area contributed by atoms with E-state index in [9.17, 15) is 9.59 Å². The number of carbonyl (C=O) groups is 1. The molecule has 29 heavy (non-hydrogen) atoms. The van der Waals surface area contributed by atoms with Gasteiger partial charge < -0.3 is 9.15 Å². The fourth-order valence-corrected chi connectivity index (χ4v) is 3.22. The van der Waals surface area contributed by atoms with Crippen LogP contribution in [0, 0.1) is 13.8 Å². The summed E-state index contributed by atoms with van der Waals surface area (Å²) in [7, 11) is 0. The summed E-state index contributed by atoms with van der Waals surface area (Å²) in [5, 5.41) is 0.864. The van der Waals surface area contributed by atoms with E-state index < -0.39 is 5.63 Å². The molecule has 144 valence electrons. The molecule has 4 nitrogen and oxygen atoms in total. The van der Waals surface area contributed by atoms with E-state index in [2.05, 4.69) is 0 Å². The predicted octanol–water partition coefficient (Wildman–Crippen LogP) is 5.22. The molecule has 0 unspecified atom stereocenters. The van der Waals surface area contributed by atoms with Crippen LogP contribution in [0.25, 0.3) is 11.0 Å². The maximum Gasteiger partial charge on any atom is 0.336 e. The minimum Gasteiger partial charge on any atom is -0.489 e. The molecule has 4 heteroatoms. The van der Waals surface area contributed by atoms with Gasteiger partial charge in [0.05, 0.1) is 0 Å². The first kappa shape index (κ1) is 18.7. The molecule has 0 saturated carbocycles. The summed E-state index contributed by atoms with van der Waals surface area (Å²) in [6.07, 6.45) is 0. The summed E-state index contributed by atoms with van der Waals surface area (Å²) in [4.78, 5) is 24.4. The zero-order chi connectivity index (χ0) is 20.4. The van der Waals surface area contributed by atoms with Crippen LogP contribution in [0.2, 0.25) is 0 Å². The van der Waals surface area contributed by atoms with Gasteiger partial charge in [-0.3, -0.25) is 4.79 Å². The molecule has 0 saturated heterocycles. The highest BCUT2D eigenvalue weighted by molar-refractivity contribution is 6.08. The Balaban J connectivity index is 1.55. The van der Waals surface area contributed by atoms with Gasteiger partial charge in [0.25, 0.3) is 0 Å². The van der Waals surface area contributed by atoms with E-state index >= 15 is 0 Å². The van der Waals surface area contributed by atoms with Gasteiger partial charge in [-0.15, -0.1) is 0 Å². The second-order valence-corrected chi connectivity index (χ2v) is 7.03. The van der Waals surface area contributed by atoms with Gasteiger partial charge in [0.2, 0.25) is 0 Å². The average molecular weight is 384 g/mol. The fraction of sp³-hybridized carbons (Fsp3) is 0.120. The molecule has 4 aromatic rings. The molecule has 0 radical (unpaired) electrons. The van der Waals surface area contributed by atoms with Crippen molar-refractivity contribution in [3.63, 3.8) is 0 Å². The van der Waals surface area contributed by atoms with E-state index in [-0.39, 0.29) is 12.4 Å². The van der Waals surface area contributed by atoms with Crippen LogP contribution < -0.4 is 10.4 Å². The van der Waals surface area contributed by atoms with Crippen molar-refractivity contribution >= 4 is 16.8 Å². The molecule has 1 heterocycles. The maximum atomic E-state index is 12.5. The Labute approximate surface area is 168 Å². The number of ketones is 1. The Bertz CT molecular complexity index is 1240. The van der Waals surface area contributed by atoms with Gasteiger partial charge in [-0.25, -0.2) is 4.79 Å². The number of hydrogen-bond donors (Lipinski definition) is 0. The maximum absolute atomic E-state index is 12.5. The van der Waals surface area contributed by atoms with Crippen LogP contribution in [0.15, 0.2) is 82.0 Å². The number of carbonyl (C=O) groups excluding carboxylic acids is 1. The van der Waals surface area contributed by atoms with Crippen molar-refractivity contribution in [2.75, 3.05) is 0 Å². The van der Waals surface area contributed by atoms with E-state index in [1.807, 2.05) is 44.2 Å². The highest BCUT2D eigenvalue weighted by atomic mass is 16.5. The first-order valence-corrected chi connectivity index (χ1v) is 9.38. The molecular formula is C25H20O4. The van der Waals surface area contributed by atoms with Gasteiger partial charge in [0.15, 0.2) is 5.78 Å². The average Bonchev–Trinajstić information content (AvgIpc) is 2.74. The molecule has 0 aliphatic carbocycles. The molecule has 0 fully saturated rings. The summed E-state index contributed by atoms with van der Waals surface area (Å²) in [5.74, 6) is 0.592. The van der Waals surface area contributed by atoms with Crippen molar-refractivity contribution in [2.24, 2.45) is 0 Å². The topological polar surface area (TPSA) is 56.5 Å². The summed E-state index contributed by atoms with van der Waals surface area (Å²) >= 11 is 0. The molecule has 0 atom stereocenters. The molecule has 0 N–H and O–H groups in total. The largest absolute Gasteiger partial charge is 0.489 e. The summed E-state index contributed by atoms with van der Waals surface area (Å²) in [6.45, 7) is 4.24. The number of aryl methyl sites for hydroxylation is 2. The van der Waals surface area contributed by atoms with Crippen LogP contribution in [-0.4, -0.2) is 5.78 Å². The Kier molecular flexibility index (Phi) is 5.00. The third kappa shape index (κ3) is 3.97. The standard InChI is InChI=1S/C25H20O4/c1-16-12-22-20(14-24(26)29-23(22)13-17(16)2)15-28-21-10-8-19(9-11-21)25(27)18-6-4-3-5-7-18/h3-14H,15H2,1-2H3. The highest BCUT2D eigenvalue weighted by Crippen LogP contribution is 2.23. The highest BCUT2D eigenvalue weighted by Gasteiger charge is 2.10. The Morgan fingerprint density at radius 2 is 1.52 bits per heavy atom. The van der Waals surface area contributed by atoms with E-state index in [0.29, 0.717) is 22.5 Å². The molecule has 0 spiro atoms. The summed E-state index contributed by atoms with van der Waals surface area (Å²) in [5.41, 5.74) is 4.36. The van der Waals surface area contributed by atoms with Crippen LogP contribution in [0.5, 0.6) is 5.75 Å². The Morgan fingerprint density at radius 3 is 2.24 bits per heavy atom. The molecule has 0 aliphatic rings. The third-order valence-corrected chi connectivity index (χ3v) is 4.99. The minimum absolute atomic E-state index is 0.0327. The second-order valence-electron chi connectivity index (χ2n) is 7.03. The van der Waals surface area contributed by atoms with Crippen molar-refractivity contribution < 1.29 is 13.9 Å². The molecule has 3 aromatic carbocycles. The molecular weight excluding hydrogens is 364 g/mol. The SMILES string of the molecule is Cc1cc2oc(=O)cc(COc3ccc(C(=O)c4ccccc4)cc3)c2cc1C. The van der Waals surface area contributed by atoms with Crippen molar-refractivity contribution in [1.82, 2.24) is 0 Å². The van der Waals surface area contributed by atoms with E-state index in [0.717, 1.165) is 22.1 Å². The van der Waals surface area contributed by atoms with Gasteiger partial charge in [0.1, 0.15) is 17.9 Å². The fourth-order valence-electron chi connectivity index (χ4n) is 3.22.